The van der Waals surface area contributed by atoms with Crippen molar-refractivity contribution in [2.24, 2.45) is 11.7 Å². The second-order valence-electron chi connectivity index (χ2n) is 7.87. The number of aliphatic carboxylic acids is 1. The zero-order valence-electron chi connectivity index (χ0n) is 18.6. The summed E-state index contributed by atoms with van der Waals surface area (Å²) < 4.78 is 39.7. The average Bonchev–Trinajstić information content (AvgIpc) is 2.79. The van der Waals surface area contributed by atoms with Gasteiger partial charge in [-0.2, -0.15) is 4.98 Å². The number of halogens is 2. The maximum Gasteiger partial charge on any atom is 0.345 e. The molecule has 0 amide bonds. The molecule has 0 aliphatic carbocycles. The lowest BCUT2D eigenvalue weighted by Gasteiger charge is -2.20. The maximum atomic E-state index is 14.4. The standard InChI is InChI=1S/C25H26F2N2O4/c1-4-15(3)22(25(30)31)33-24-21(27)12-20(26)23(29-24)32-19-9-14(2)8-18(11-19)17-7-5-6-16(10-17)13-28/h5-12,15,22H,4,13,28H2,1-3H3,(H,30,31)/t15-,22+/m0/s1. The average molecular weight is 456 g/mol. The van der Waals surface area contributed by atoms with Crippen molar-refractivity contribution in [3.05, 3.63) is 71.3 Å². The molecule has 6 nitrogen and oxygen atoms in total. The second-order valence-corrected chi connectivity index (χ2v) is 7.87. The summed E-state index contributed by atoms with van der Waals surface area (Å²) in [6.45, 7) is 5.69. The normalized spacial score (nSPS) is 12.8. The van der Waals surface area contributed by atoms with E-state index < -0.39 is 41.4 Å². The van der Waals surface area contributed by atoms with E-state index in [2.05, 4.69) is 4.98 Å². The molecule has 8 heteroatoms. The molecule has 174 valence electrons. The molecule has 2 aromatic carbocycles. The van der Waals surface area contributed by atoms with Gasteiger partial charge < -0.3 is 20.3 Å². The highest BCUT2D eigenvalue weighted by molar-refractivity contribution is 5.73. The van der Waals surface area contributed by atoms with Gasteiger partial charge in [0.1, 0.15) is 5.75 Å². The van der Waals surface area contributed by atoms with Crippen LogP contribution in [-0.4, -0.2) is 22.2 Å². The summed E-state index contributed by atoms with van der Waals surface area (Å²) in [7, 11) is 0. The van der Waals surface area contributed by atoms with Gasteiger partial charge in [-0.1, -0.05) is 38.1 Å². The molecule has 0 radical (unpaired) electrons. The molecule has 0 saturated carbocycles. The van der Waals surface area contributed by atoms with Crippen LogP contribution in [0.5, 0.6) is 17.5 Å². The number of carboxylic acid groups (broad SMARTS) is 1. The molecule has 1 aromatic heterocycles. The number of aromatic nitrogens is 1. The van der Waals surface area contributed by atoms with E-state index >= 15 is 0 Å². The van der Waals surface area contributed by atoms with Crippen molar-refractivity contribution in [2.45, 2.75) is 39.8 Å². The number of nitrogens with zero attached hydrogens (tertiary/aromatic N) is 1. The summed E-state index contributed by atoms with van der Waals surface area (Å²) in [4.78, 5) is 15.3. The Morgan fingerprint density at radius 2 is 1.82 bits per heavy atom. The van der Waals surface area contributed by atoms with Crippen LogP contribution in [0.3, 0.4) is 0 Å². The molecular formula is C25H26F2N2O4. The maximum absolute atomic E-state index is 14.4. The van der Waals surface area contributed by atoms with Crippen LogP contribution in [0.25, 0.3) is 11.1 Å². The molecule has 0 saturated heterocycles. The Kier molecular flexibility index (Phi) is 7.60. The first-order valence-corrected chi connectivity index (χ1v) is 10.6. The number of ether oxygens (including phenoxy) is 2. The van der Waals surface area contributed by atoms with E-state index in [4.69, 9.17) is 15.2 Å². The number of pyridine rings is 1. The highest BCUT2D eigenvalue weighted by atomic mass is 19.1. The predicted molar refractivity (Wildman–Crippen MR) is 120 cm³/mol. The molecule has 2 atom stereocenters. The SMILES string of the molecule is CC[C@H](C)[C@@H](Oc1nc(Oc2cc(C)cc(-c3cccc(CN)c3)c2)c(F)cc1F)C(=O)O. The first-order valence-electron chi connectivity index (χ1n) is 10.6. The van der Waals surface area contributed by atoms with Crippen molar-refractivity contribution in [1.82, 2.24) is 4.98 Å². The third kappa shape index (κ3) is 5.84. The van der Waals surface area contributed by atoms with Crippen molar-refractivity contribution in [2.75, 3.05) is 0 Å². The highest BCUT2D eigenvalue weighted by Gasteiger charge is 2.28. The van der Waals surface area contributed by atoms with E-state index in [1.165, 1.54) is 0 Å². The van der Waals surface area contributed by atoms with Crippen LogP contribution in [0.2, 0.25) is 0 Å². The van der Waals surface area contributed by atoms with E-state index in [0.717, 1.165) is 22.3 Å². The number of hydrogen-bond donors (Lipinski definition) is 2. The summed E-state index contributed by atoms with van der Waals surface area (Å²) in [5, 5.41) is 9.40. The second kappa shape index (κ2) is 10.4. The third-order valence-electron chi connectivity index (χ3n) is 5.27. The lowest BCUT2D eigenvalue weighted by Crippen LogP contribution is -2.34. The largest absolute Gasteiger partial charge is 0.478 e. The number of nitrogens with two attached hydrogens (primary N) is 1. The quantitative estimate of drug-likeness (QED) is 0.444. The first-order chi connectivity index (χ1) is 15.7. The van der Waals surface area contributed by atoms with E-state index in [0.29, 0.717) is 19.0 Å². The van der Waals surface area contributed by atoms with Gasteiger partial charge in [0, 0.05) is 18.5 Å². The van der Waals surface area contributed by atoms with Gasteiger partial charge in [0.05, 0.1) is 0 Å². The van der Waals surface area contributed by atoms with Crippen molar-refractivity contribution in [3.63, 3.8) is 0 Å². The van der Waals surface area contributed by atoms with Gasteiger partial charge in [0.2, 0.25) is 0 Å². The monoisotopic (exact) mass is 456 g/mol. The number of rotatable bonds is 9. The summed E-state index contributed by atoms with van der Waals surface area (Å²) in [5.41, 5.74) is 9.26. The molecule has 0 unspecified atom stereocenters. The Morgan fingerprint density at radius 3 is 2.48 bits per heavy atom. The van der Waals surface area contributed by atoms with E-state index in [1.54, 1.807) is 26.0 Å². The topological polar surface area (TPSA) is 94.7 Å². The van der Waals surface area contributed by atoms with E-state index in [1.807, 2.05) is 37.3 Å². The third-order valence-corrected chi connectivity index (χ3v) is 5.27. The minimum atomic E-state index is -1.34. The van der Waals surface area contributed by atoms with Crippen molar-refractivity contribution in [1.29, 1.82) is 0 Å². The van der Waals surface area contributed by atoms with Crippen LogP contribution in [0.15, 0.2) is 48.5 Å². The molecule has 0 bridgehead atoms. The van der Waals surface area contributed by atoms with Gasteiger partial charge in [-0.3, -0.25) is 0 Å². The van der Waals surface area contributed by atoms with Crippen LogP contribution >= 0.6 is 0 Å². The number of carbonyl (C=O) groups is 1. The Bertz CT molecular complexity index is 1150. The van der Waals surface area contributed by atoms with Gasteiger partial charge in [0.25, 0.3) is 11.8 Å². The lowest BCUT2D eigenvalue weighted by atomic mass is 10.0. The zero-order chi connectivity index (χ0) is 24.1. The lowest BCUT2D eigenvalue weighted by molar-refractivity contribution is -0.147. The van der Waals surface area contributed by atoms with Gasteiger partial charge in [-0.15, -0.1) is 0 Å². The minimum absolute atomic E-state index is 0.281. The van der Waals surface area contributed by atoms with E-state index in [9.17, 15) is 18.7 Å². The van der Waals surface area contributed by atoms with Crippen molar-refractivity contribution < 1.29 is 28.2 Å². The molecule has 1 heterocycles. The number of benzene rings is 2. The zero-order valence-corrected chi connectivity index (χ0v) is 18.6. The first kappa shape index (κ1) is 24.1. The predicted octanol–water partition coefficient (Wildman–Crippen LogP) is 5.46. The summed E-state index contributed by atoms with van der Waals surface area (Å²) in [5.74, 6) is -4.71. The number of carboxylic acids is 1. The molecule has 3 aromatic rings. The van der Waals surface area contributed by atoms with Crippen molar-refractivity contribution in [3.8, 4) is 28.6 Å². The van der Waals surface area contributed by atoms with Crippen LogP contribution in [0.4, 0.5) is 8.78 Å². The molecule has 0 aliphatic rings. The molecule has 0 fully saturated rings. The fourth-order valence-corrected chi connectivity index (χ4v) is 3.30. The van der Waals surface area contributed by atoms with Gasteiger partial charge in [0.15, 0.2) is 17.7 Å². The Hall–Kier alpha value is -3.52. The Balaban J connectivity index is 1.94. The molecule has 0 aliphatic heterocycles. The summed E-state index contributed by atoms with van der Waals surface area (Å²) in [6.07, 6.45) is -0.851. The van der Waals surface area contributed by atoms with Gasteiger partial charge >= 0.3 is 5.97 Å². The van der Waals surface area contributed by atoms with Crippen LogP contribution in [0.1, 0.15) is 31.4 Å². The summed E-state index contributed by atoms with van der Waals surface area (Å²) >= 11 is 0. The van der Waals surface area contributed by atoms with Gasteiger partial charge in [-0.25, -0.2) is 13.6 Å². The van der Waals surface area contributed by atoms with E-state index in [-0.39, 0.29) is 5.75 Å². The number of aryl methyl sites for hydroxylation is 1. The molecule has 3 N–H and O–H groups in total. The molecule has 33 heavy (non-hydrogen) atoms. The van der Waals surface area contributed by atoms with Crippen LogP contribution in [0, 0.1) is 24.5 Å². The Labute approximate surface area is 191 Å². The molecular weight excluding hydrogens is 430 g/mol. The summed E-state index contributed by atoms with van der Waals surface area (Å²) in [6, 6.07) is 13.6. The minimum Gasteiger partial charge on any atom is -0.478 e. The molecule has 3 rings (SSSR count). The van der Waals surface area contributed by atoms with Crippen LogP contribution < -0.4 is 15.2 Å². The van der Waals surface area contributed by atoms with Crippen LogP contribution in [-0.2, 0) is 11.3 Å². The smallest absolute Gasteiger partial charge is 0.345 e. The fraction of sp³-hybridized carbons (Fsp3) is 0.280. The Morgan fingerprint density at radius 1 is 1.09 bits per heavy atom. The highest BCUT2D eigenvalue weighted by Crippen LogP contribution is 2.32. The van der Waals surface area contributed by atoms with Gasteiger partial charge in [-0.05, 0) is 53.8 Å². The number of hydrogen-bond acceptors (Lipinski definition) is 5. The molecule has 0 spiro atoms. The fourth-order valence-electron chi connectivity index (χ4n) is 3.30. The van der Waals surface area contributed by atoms with Crippen molar-refractivity contribution >= 4 is 5.97 Å².